The van der Waals surface area contributed by atoms with Crippen molar-refractivity contribution in [2.75, 3.05) is 13.2 Å². The van der Waals surface area contributed by atoms with Gasteiger partial charge in [-0.15, -0.1) is 0 Å². The van der Waals surface area contributed by atoms with Crippen LogP contribution in [0.25, 0.3) is 0 Å². The molecule has 0 saturated carbocycles. The molecule has 0 spiro atoms. The Morgan fingerprint density at radius 1 is 1.48 bits per heavy atom. The number of hydrogen-bond donors (Lipinski definition) is 0. The molecule has 2 aromatic heterocycles. The molecule has 1 aliphatic heterocycles. The van der Waals surface area contributed by atoms with E-state index in [9.17, 15) is 4.79 Å². The highest BCUT2D eigenvalue weighted by Crippen LogP contribution is 2.23. The monoisotopic (exact) mass is 286 g/mol. The minimum atomic E-state index is -0.211. The summed E-state index contributed by atoms with van der Waals surface area (Å²) in [5, 5.41) is 4.13. The van der Waals surface area contributed by atoms with Crippen LogP contribution in [0.1, 0.15) is 24.0 Å². The van der Waals surface area contributed by atoms with Crippen LogP contribution in [0, 0.1) is 0 Å². The number of ether oxygens (including phenoxy) is 1. The van der Waals surface area contributed by atoms with E-state index in [1.807, 2.05) is 37.2 Å². The number of aromatic nitrogens is 3. The summed E-state index contributed by atoms with van der Waals surface area (Å²) >= 11 is 0. The average molecular weight is 286 g/mol. The van der Waals surface area contributed by atoms with E-state index in [1.54, 1.807) is 17.1 Å². The van der Waals surface area contributed by atoms with E-state index in [2.05, 4.69) is 10.1 Å². The molecule has 1 unspecified atom stereocenters. The molecule has 1 atom stereocenters. The first-order valence-electron chi connectivity index (χ1n) is 6.99. The first-order chi connectivity index (χ1) is 10.1. The van der Waals surface area contributed by atoms with Crippen LogP contribution in [0.5, 0.6) is 5.88 Å². The van der Waals surface area contributed by atoms with Crippen LogP contribution in [-0.2, 0) is 18.4 Å². The molecule has 3 rings (SSSR count). The molecule has 1 aliphatic rings. The van der Waals surface area contributed by atoms with Crippen LogP contribution in [-0.4, -0.2) is 38.7 Å². The summed E-state index contributed by atoms with van der Waals surface area (Å²) in [6.07, 6.45) is 5.33. The van der Waals surface area contributed by atoms with E-state index in [4.69, 9.17) is 4.74 Å². The van der Waals surface area contributed by atoms with E-state index >= 15 is 0 Å². The smallest absolute Gasteiger partial charge is 0.230 e. The number of hydrogen-bond acceptors (Lipinski definition) is 4. The van der Waals surface area contributed by atoms with Crippen molar-refractivity contribution in [2.24, 2.45) is 7.05 Å². The van der Waals surface area contributed by atoms with Crippen molar-refractivity contribution in [3.05, 3.63) is 41.9 Å². The second kappa shape index (κ2) is 5.55. The molecule has 1 amide bonds. The van der Waals surface area contributed by atoms with Crippen molar-refractivity contribution in [3.63, 3.8) is 0 Å². The van der Waals surface area contributed by atoms with Crippen molar-refractivity contribution < 1.29 is 9.53 Å². The van der Waals surface area contributed by atoms with Gasteiger partial charge in [0.15, 0.2) is 0 Å². The maximum absolute atomic E-state index is 12.7. The normalized spacial score (nSPS) is 15.8. The van der Waals surface area contributed by atoms with E-state index in [0.717, 1.165) is 11.1 Å². The standard InChI is InChI=1S/C15H18N4O2/c1-11(13-8-17-18(2)9-13)15(20)19-6-7-21-14-12(10-19)4-3-5-16-14/h3-5,8-9,11H,6-7,10H2,1-2H3. The molecule has 6 nitrogen and oxygen atoms in total. The highest BCUT2D eigenvalue weighted by Gasteiger charge is 2.25. The Bertz CT molecular complexity index is 653. The molecule has 21 heavy (non-hydrogen) atoms. The number of pyridine rings is 1. The van der Waals surface area contributed by atoms with Gasteiger partial charge >= 0.3 is 0 Å². The van der Waals surface area contributed by atoms with E-state index < -0.39 is 0 Å². The Balaban J connectivity index is 1.79. The lowest BCUT2D eigenvalue weighted by Gasteiger charge is -2.23. The van der Waals surface area contributed by atoms with Crippen LogP contribution in [0.3, 0.4) is 0 Å². The zero-order chi connectivity index (χ0) is 14.8. The fourth-order valence-corrected chi connectivity index (χ4v) is 2.48. The van der Waals surface area contributed by atoms with Gasteiger partial charge < -0.3 is 9.64 Å². The first kappa shape index (κ1) is 13.6. The third-order valence-corrected chi connectivity index (χ3v) is 3.72. The fourth-order valence-electron chi connectivity index (χ4n) is 2.48. The molecule has 2 aromatic rings. The summed E-state index contributed by atoms with van der Waals surface area (Å²) in [6, 6.07) is 3.81. The first-order valence-corrected chi connectivity index (χ1v) is 6.99. The lowest BCUT2D eigenvalue weighted by molar-refractivity contribution is -0.133. The lowest BCUT2D eigenvalue weighted by Crippen LogP contribution is -2.35. The predicted molar refractivity (Wildman–Crippen MR) is 76.8 cm³/mol. The van der Waals surface area contributed by atoms with Gasteiger partial charge in [-0.1, -0.05) is 6.07 Å². The average Bonchev–Trinajstić information content (AvgIpc) is 2.81. The second-order valence-electron chi connectivity index (χ2n) is 5.24. The lowest BCUT2D eigenvalue weighted by atomic mass is 10.0. The number of nitrogens with zero attached hydrogens (tertiary/aromatic N) is 4. The predicted octanol–water partition coefficient (Wildman–Crippen LogP) is 1.34. The molecule has 110 valence electrons. The quantitative estimate of drug-likeness (QED) is 0.836. The number of carbonyl (C=O) groups is 1. The largest absolute Gasteiger partial charge is 0.476 e. The number of rotatable bonds is 2. The Hall–Kier alpha value is -2.37. The van der Waals surface area contributed by atoms with Crippen molar-refractivity contribution in [1.29, 1.82) is 0 Å². The molecule has 6 heteroatoms. The minimum absolute atomic E-state index is 0.0864. The highest BCUT2D eigenvalue weighted by molar-refractivity contribution is 5.83. The van der Waals surface area contributed by atoms with Gasteiger partial charge in [-0.05, 0) is 13.0 Å². The molecule has 0 fully saturated rings. The van der Waals surface area contributed by atoms with Gasteiger partial charge in [0.05, 0.1) is 25.2 Å². The van der Waals surface area contributed by atoms with Crippen LogP contribution >= 0.6 is 0 Å². The highest BCUT2D eigenvalue weighted by atomic mass is 16.5. The number of amides is 1. The zero-order valence-electron chi connectivity index (χ0n) is 12.2. The zero-order valence-corrected chi connectivity index (χ0v) is 12.2. The van der Waals surface area contributed by atoms with Crippen LogP contribution in [0.4, 0.5) is 0 Å². The van der Waals surface area contributed by atoms with E-state index in [1.165, 1.54) is 0 Å². The third kappa shape index (κ3) is 2.74. The minimum Gasteiger partial charge on any atom is -0.476 e. The molecule has 0 aliphatic carbocycles. The van der Waals surface area contributed by atoms with Crippen molar-refractivity contribution in [3.8, 4) is 5.88 Å². The SMILES string of the molecule is CC(C(=O)N1CCOc2ncccc2C1)c1cnn(C)c1. The molecule has 0 N–H and O–H groups in total. The molecule has 0 aromatic carbocycles. The number of carbonyl (C=O) groups excluding carboxylic acids is 1. The van der Waals surface area contributed by atoms with Crippen molar-refractivity contribution in [1.82, 2.24) is 19.7 Å². The molecule has 3 heterocycles. The van der Waals surface area contributed by atoms with Gasteiger partial charge in [-0.2, -0.15) is 5.10 Å². The fraction of sp³-hybridized carbons (Fsp3) is 0.400. The van der Waals surface area contributed by atoms with Crippen LogP contribution in [0.2, 0.25) is 0 Å². The van der Waals surface area contributed by atoms with Gasteiger partial charge in [0, 0.05) is 30.6 Å². The number of fused-ring (bicyclic) bond motifs is 1. The summed E-state index contributed by atoms with van der Waals surface area (Å²) in [7, 11) is 1.85. The summed E-state index contributed by atoms with van der Waals surface area (Å²) < 4.78 is 7.31. The van der Waals surface area contributed by atoms with E-state index in [-0.39, 0.29) is 11.8 Å². The molecule has 0 saturated heterocycles. The third-order valence-electron chi connectivity index (χ3n) is 3.72. The Morgan fingerprint density at radius 3 is 3.10 bits per heavy atom. The second-order valence-corrected chi connectivity index (χ2v) is 5.24. The Kier molecular flexibility index (Phi) is 3.60. The van der Waals surface area contributed by atoms with Gasteiger partial charge in [0.1, 0.15) is 6.61 Å². The van der Waals surface area contributed by atoms with Gasteiger partial charge in [0.25, 0.3) is 0 Å². The van der Waals surface area contributed by atoms with Gasteiger partial charge in [-0.3, -0.25) is 9.48 Å². The summed E-state index contributed by atoms with van der Waals surface area (Å²) in [5.74, 6) is 0.502. The number of aryl methyl sites for hydroxylation is 1. The summed E-state index contributed by atoms with van der Waals surface area (Å²) in [5.41, 5.74) is 1.88. The van der Waals surface area contributed by atoms with E-state index in [0.29, 0.717) is 25.6 Å². The molecule has 0 bridgehead atoms. The maximum Gasteiger partial charge on any atom is 0.230 e. The van der Waals surface area contributed by atoms with Gasteiger partial charge in [0.2, 0.25) is 11.8 Å². The van der Waals surface area contributed by atoms with Crippen LogP contribution < -0.4 is 4.74 Å². The van der Waals surface area contributed by atoms with Crippen LogP contribution in [0.15, 0.2) is 30.7 Å². The summed E-state index contributed by atoms with van der Waals surface area (Å²) in [4.78, 5) is 18.7. The van der Waals surface area contributed by atoms with Gasteiger partial charge in [-0.25, -0.2) is 4.98 Å². The molecule has 0 radical (unpaired) electrons. The van der Waals surface area contributed by atoms with Crippen molar-refractivity contribution in [2.45, 2.75) is 19.4 Å². The topological polar surface area (TPSA) is 60.3 Å². The molecular weight excluding hydrogens is 268 g/mol. The molecular formula is C15H18N4O2. The van der Waals surface area contributed by atoms with Crippen molar-refractivity contribution >= 4 is 5.91 Å². The summed E-state index contributed by atoms with van der Waals surface area (Å²) in [6.45, 7) is 3.48. The Labute approximate surface area is 123 Å². The maximum atomic E-state index is 12.7. The Morgan fingerprint density at radius 2 is 2.33 bits per heavy atom.